The lowest BCUT2D eigenvalue weighted by Gasteiger charge is -2.23. The number of carboxylic acids is 1. The van der Waals surface area contributed by atoms with E-state index < -0.39 is 17.8 Å². The Balaban J connectivity index is 1.41. The van der Waals surface area contributed by atoms with Gasteiger partial charge in [-0.05, 0) is 56.8 Å². The van der Waals surface area contributed by atoms with E-state index in [9.17, 15) is 14.7 Å². The van der Waals surface area contributed by atoms with Crippen LogP contribution in [0.3, 0.4) is 0 Å². The molecule has 31 heavy (non-hydrogen) atoms. The highest BCUT2D eigenvalue weighted by atomic mass is 16.5. The van der Waals surface area contributed by atoms with Gasteiger partial charge in [0.15, 0.2) is 0 Å². The van der Waals surface area contributed by atoms with E-state index in [2.05, 4.69) is 31.2 Å². The molecule has 1 saturated carbocycles. The summed E-state index contributed by atoms with van der Waals surface area (Å²) in [7, 11) is 0. The van der Waals surface area contributed by atoms with Gasteiger partial charge in [-0.15, -0.1) is 0 Å². The molecule has 2 rings (SSSR count). The van der Waals surface area contributed by atoms with Crippen LogP contribution in [0.5, 0.6) is 0 Å². The molecular weight excluding hydrogens is 388 g/mol. The number of fused-ring (bicyclic) bond motifs is 2. The fourth-order valence-electron chi connectivity index (χ4n) is 4.84. The molecule has 0 radical (unpaired) electrons. The van der Waals surface area contributed by atoms with Gasteiger partial charge in [-0.3, -0.25) is 9.59 Å². The lowest BCUT2D eigenvalue weighted by atomic mass is 9.83. The number of hydrogen-bond acceptors (Lipinski definition) is 3. The number of allylic oxidation sites excluding steroid dienone is 6. The molecule has 0 aromatic heterocycles. The SMILES string of the molecule is CCCCC/C=C\C/C=C\CCCCCCCCOC(=O)[C@H]1[C@@H](C(=O)O)[C@H]2C=C[C@@H]1C2. The molecule has 0 heterocycles. The smallest absolute Gasteiger partial charge is 0.310 e. The van der Waals surface area contributed by atoms with Gasteiger partial charge in [0, 0.05) is 0 Å². The minimum Gasteiger partial charge on any atom is -0.481 e. The van der Waals surface area contributed by atoms with Gasteiger partial charge in [0.25, 0.3) is 0 Å². The Bertz CT molecular complexity index is 619. The molecule has 1 N–H and O–H groups in total. The molecule has 2 aliphatic carbocycles. The lowest BCUT2D eigenvalue weighted by molar-refractivity contribution is -0.158. The van der Waals surface area contributed by atoms with Crippen LogP contribution in [0.25, 0.3) is 0 Å². The van der Waals surface area contributed by atoms with Crippen molar-refractivity contribution >= 4 is 11.9 Å². The first kappa shape index (κ1) is 25.4. The highest BCUT2D eigenvalue weighted by Gasteiger charge is 2.52. The zero-order valence-corrected chi connectivity index (χ0v) is 19.3. The number of unbranched alkanes of at least 4 members (excludes halogenated alkanes) is 9. The summed E-state index contributed by atoms with van der Waals surface area (Å²) in [6, 6.07) is 0. The highest BCUT2D eigenvalue weighted by Crippen LogP contribution is 2.48. The Morgan fingerprint density at radius 1 is 0.839 bits per heavy atom. The third kappa shape index (κ3) is 9.04. The summed E-state index contributed by atoms with van der Waals surface area (Å²) < 4.78 is 5.43. The second kappa shape index (κ2) is 15.0. The molecule has 4 atom stereocenters. The van der Waals surface area contributed by atoms with Crippen LogP contribution in [0, 0.1) is 23.7 Å². The topological polar surface area (TPSA) is 63.6 Å². The Labute approximate surface area is 188 Å². The van der Waals surface area contributed by atoms with Crippen LogP contribution in [0.15, 0.2) is 36.5 Å². The molecule has 2 bridgehead atoms. The van der Waals surface area contributed by atoms with Crippen LogP contribution in [-0.4, -0.2) is 23.7 Å². The van der Waals surface area contributed by atoms with E-state index in [0.717, 1.165) is 38.5 Å². The maximum atomic E-state index is 12.4. The van der Waals surface area contributed by atoms with Crippen LogP contribution >= 0.6 is 0 Å². The molecule has 0 aromatic rings. The van der Waals surface area contributed by atoms with Crippen molar-refractivity contribution in [3.05, 3.63) is 36.5 Å². The van der Waals surface area contributed by atoms with Crippen molar-refractivity contribution in [1.82, 2.24) is 0 Å². The second-order valence-electron chi connectivity index (χ2n) is 9.09. The van der Waals surface area contributed by atoms with Crippen molar-refractivity contribution in [3.8, 4) is 0 Å². The lowest BCUT2D eigenvalue weighted by Crippen LogP contribution is -2.34. The monoisotopic (exact) mass is 430 g/mol. The van der Waals surface area contributed by atoms with Crippen molar-refractivity contribution in [2.45, 2.75) is 90.4 Å². The summed E-state index contributed by atoms with van der Waals surface area (Å²) >= 11 is 0. The summed E-state index contributed by atoms with van der Waals surface area (Å²) in [6.45, 7) is 2.65. The van der Waals surface area contributed by atoms with Gasteiger partial charge in [0.2, 0.25) is 0 Å². The molecule has 0 aromatic carbocycles. The number of carbonyl (C=O) groups excluding carboxylic acids is 1. The summed E-state index contributed by atoms with van der Waals surface area (Å²) in [6.07, 6.45) is 28.0. The average Bonchev–Trinajstić information content (AvgIpc) is 3.37. The molecule has 0 amide bonds. The molecule has 0 saturated heterocycles. The van der Waals surface area contributed by atoms with Gasteiger partial charge < -0.3 is 9.84 Å². The van der Waals surface area contributed by atoms with Crippen LogP contribution in [0.4, 0.5) is 0 Å². The van der Waals surface area contributed by atoms with Crippen LogP contribution < -0.4 is 0 Å². The predicted molar refractivity (Wildman–Crippen MR) is 126 cm³/mol. The number of hydrogen-bond donors (Lipinski definition) is 1. The summed E-state index contributed by atoms with van der Waals surface area (Å²) in [4.78, 5) is 23.9. The largest absolute Gasteiger partial charge is 0.481 e. The minimum atomic E-state index is -0.868. The zero-order chi connectivity index (χ0) is 22.3. The number of ether oxygens (including phenoxy) is 1. The van der Waals surface area contributed by atoms with E-state index in [0.29, 0.717) is 6.61 Å². The number of aliphatic carboxylic acids is 1. The van der Waals surface area contributed by atoms with Crippen molar-refractivity contribution in [1.29, 1.82) is 0 Å². The number of esters is 1. The molecule has 174 valence electrons. The number of carbonyl (C=O) groups is 2. The molecule has 0 aliphatic heterocycles. The maximum Gasteiger partial charge on any atom is 0.310 e. The third-order valence-corrected chi connectivity index (χ3v) is 6.61. The number of rotatable bonds is 17. The fraction of sp³-hybridized carbons (Fsp3) is 0.704. The molecule has 0 spiro atoms. The van der Waals surface area contributed by atoms with Crippen molar-refractivity contribution < 1.29 is 19.4 Å². The maximum absolute atomic E-state index is 12.4. The van der Waals surface area contributed by atoms with E-state index in [4.69, 9.17) is 4.74 Å². The fourth-order valence-corrected chi connectivity index (χ4v) is 4.84. The van der Waals surface area contributed by atoms with Crippen molar-refractivity contribution in [3.63, 3.8) is 0 Å². The zero-order valence-electron chi connectivity index (χ0n) is 19.3. The van der Waals surface area contributed by atoms with E-state index in [1.54, 1.807) is 0 Å². The Hall–Kier alpha value is -1.84. The first-order chi connectivity index (χ1) is 15.1. The van der Waals surface area contributed by atoms with E-state index in [-0.39, 0.29) is 17.8 Å². The predicted octanol–water partition coefficient (Wildman–Crippen LogP) is 6.87. The van der Waals surface area contributed by atoms with Crippen molar-refractivity contribution in [2.24, 2.45) is 23.7 Å². The normalized spacial score (nSPS) is 24.5. The van der Waals surface area contributed by atoms with Gasteiger partial charge in [0.05, 0.1) is 18.4 Å². The summed E-state index contributed by atoms with van der Waals surface area (Å²) in [5.41, 5.74) is 0. The molecule has 2 aliphatic rings. The van der Waals surface area contributed by atoms with Gasteiger partial charge in [-0.25, -0.2) is 0 Å². The molecule has 1 fully saturated rings. The first-order valence-electron chi connectivity index (χ1n) is 12.5. The van der Waals surface area contributed by atoms with Gasteiger partial charge in [0.1, 0.15) is 0 Å². The third-order valence-electron chi connectivity index (χ3n) is 6.61. The molecule has 0 unspecified atom stereocenters. The van der Waals surface area contributed by atoms with E-state index in [1.165, 1.54) is 44.9 Å². The average molecular weight is 431 g/mol. The quantitative estimate of drug-likeness (QED) is 0.155. The minimum absolute atomic E-state index is 0.00177. The van der Waals surface area contributed by atoms with Gasteiger partial charge in [-0.2, -0.15) is 0 Å². The molecular formula is C27H42O4. The van der Waals surface area contributed by atoms with Crippen molar-refractivity contribution in [2.75, 3.05) is 6.61 Å². The van der Waals surface area contributed by atoms with Gasteiger partial charge in [-0.1, -0.05) is 81.9 Å². The second-order valence-corrected chi connectivity index (χ2v) is 9.09. The first-order valence-corrected chi connectivity index (χ1v) is 12.5. The van der Waals surface area contributed by atoms with Gasteiger partial charge >= 0.3 is 11.9 Å². The van der Waals surface area contributed by atoms with E-state index >= 15 is 0 Å². The highest BCUT2D eigenvalue weighted by molar-refractivity contribution is 5.83. The standard InChI is InChI=1S/C27H42O4/c1-2-3-4-5-6-7-8-9-10-11-12-13-14-15-16-17-20-31-27(30)25-23-19-18-22(21-23)24(25)26(28)29/h6-7,9-10,18-19,22-25H,2-5,8,11-17,20-21H2,1H3,(H,28,29)/b7-6-,10-9-/t22-,23+,24-,25+/m0/s1. The van der Waals surface area contributed by atoms with Crippen LogP contribution in [0.2, 0.25) is 0 Å². The molecule has 4 heteroatoms. The molecule has 4 nitrogen and oxygen atoms in total. The Kier molecular flexibility index (Phi) is 12.3. The van der Waals surface area contributed by atoms with Crippen LogP contribution in [0.1, 0.15) is 90.4 Å². The Morgan fingerprint density at radius 3 is 2.06 bits per heavy atom. The Morgan fingerprint density at radius 2 is 1.42 bits per heavy atom. The van der Waals surface area contributed by atoms with Crippen LogP contribution in [-0.2, 0) is 14.3 Å². The number of carboxylic acid groups (broad SMARTS) is 1. The summed E-state index contributed by atoms with van der Waals surface area (Å²) in [5, 5.41) is 9.43. The van der Waals surface area contributed by atoms with E-state index in [1.807, 2.05) is 12.2 Å². The summed E-state index contributed by atoms with van der Waals surface area (Å²) in [5.74, 6) is -2.22.